The van der Waals surface area contributed by atoms with Gasteiger partial charge in [0, 0.05) is 12.6 Å². The second-order valence-corrected chi connectivity index (χ2v) is 4.44. The van der Waals surface area contributed by atoms with E-state index in [0.717, 1.165) is 16.6 Å². The fourth-order valence-electron chi connectivity index (χ4n) is 1.69. The first-order chi connectivity index (χ1) is 8.54. The first kappa shape index (κ1) is 12.2. The van der Waals surface area contributed by atoms with Crippen molar-refractivity contribution in [3.63, 3.8) is 0 Å². The third-order valence-electron chi connectivity index (χ3n) is 2.45. The lowest BCUT2D eigenvalue weighted by Crippen LogP contribution is -2.39. The Morgan fingerprint density at radius 3 is 2.72 bits per heavy atom. The second kappa shape index (κ2) is 4.95. The van der Waals surface area contributed by atoms with E-state index in [-0.39, 0.29) is 17.8 Å². The Morgan fingerprint density at radius 2 is 2.00 bits per heavy atom. The number of amides is 2. The van der Waals surface area contributed by atoms with Crippen molar-refractivity contribution in [2.45, 2.75) is 26.4 Å². The quantitative estimate of drug-likeness (QED) is 0.654. The van der Waals surface area contributed by atoms with E-state index >= 15 is 0 Å². The third kappa shape index (κ3) is 2.91. The van der Waals surface area contributed by atoms with Crippen molar-refractivity contribution < 1.29 is 4.79 Å². The van der Waals surface area contributed by atoms with Gasteiger partial charge in [-0.3, -0.25) is 0 Å². The molecule has 18 heavy (non-hydrogen) atoms. The molecule has 0 fully saturated rings. The average molecular weight is 248 g/mol. The number of hydrogen-bond donors (Lipinski definition) is 4. The Hall–Kier alpha value is -2.24. The molecule has 2 aromatic rings. The molecular weight excluding hydrogens is 232 g/mol. The first-order valence-electron chi connectivity index (χ1n) is 5.80. The van der Waals surface area contributed by atoms with Crippen molar-refractivity contribution in [1.29, 1.82) is 0 Å². The molecule has 0 atom stereocenters. The molecule has 0 spiro atoms. The lowest BCUT2D eigenvalue weighted by Gasteiger charge is -2.10. The SMILES string of the molecule is CC(C)NC(=O)NCc1ccc2[nH]c(=O)[nH]c2c1. The van der Waals surface area contributed by atoms with E-state index in [2.05, 4.69) is 20.6 Å². The topological polar surface area (TPSA) is 89.8 Å². The van der Waals surface area contributed by atoms with Gasteiger partial charge in [0.25, 0.3) is 0 Å². The van der Waals surface area contributed by atoms with Crippen LogP contribution in [0.5, 0.6) is 0 Å². The van der Waals surface area contributed by atoms with Gasteiger partial charge in [-0.05, 0) is 31.5 Å². The highest BCUT2D eigenvalue weighted by Crippen LogP contribution is 2.09. The minimum Gasteiger partial charge on any atom is -0.336 e. The van der Waals surface area contributed by atoms with Crippen molar-refractivity contribution in [3.05, 3.63) is 34.2 Å². The van der Waals surface area contributed by atoms with Crippen LogP contribution in [0, 0.1) is 0 Å². The predicted octanol–water partition coefficient (Wildman–Crippen LogP) is 1.06. The standard InChI is InChI=1S/C12H16N4O2/c1-7(2)14-11(17)13-6-8-3-4-9-10(5-8)16-12(18)15-9/h3-5,7H,6H2,1-2H3,(H2,13,14,17)(H2,15,16,18). The number of benzene rings is 1. The Balaban J connectivity index is 2.03. The molecule has 2 amide bonds. The summed E-state index contributed by atoms with van der Waals surface area (Å²) in [5.41, 5.74) is 2.20. The lowest BCUT2D eigenvalue weighted by atomic mass is 10.2. The summed E-state index contributed by atoms with van der Waals surface area (Å²) in [6.45, 7) is 4.22. The summed E-state index contributed by atoms with van der Waals surface area (Å²) in [6.07, 6.45) is 0. The number of fused-ring (bicyclic) bond motifs is 1. The maximum atomic E-state index is 11.4. The molecule has 1 heterocycles. The molecule has 0 aliphatic heterocycles. The number of imidazole rings is 1. The van der Waals surface area contributed by atoms with Gasteiger partial charge in [0.05, 0.1) is 11.0 Å². The van der Waals surface area contributed by atoms with Crippen molar-refractivity contribution in [1.82, 2.24) is 20.6 Å². The highest BCUT2D eigenvalue weighted by Gasteiger charge is 2.03. The minimum atomic E-state index is -0.229. The number of urea groups is 1. The molecule has 0 aliphatic carbocycles. The van der Waals surface area contributed by atoms with Gasteiger partial charge < -0.3 is 20.6 Å². The maximum absolute atomic E-state index is 11.4. The Kier molecular flexibility index (Phi) is 3.36. The van der Waals surface area contributed by atoms with E-state index in [1.165, 1.54) is 0 Å². The molecular formula is C12H16N4O2. The van der Waals surface area contributed by atoms with Crippen LogP contribution in [0.2, 0.25) is 0 Å². The highest BCUT2D eigenvalue weighted by molar-refractivity contribution is 5.76. The Morgan fingerprint density at radius 1 is 1.28 bits per heavy atom. The lowest BCUT2D eigenvalue weighted by molar-refractivity contribution is 0.238. The number of carbonyl (C=O) groups is 1. The van der Waals surface area contributed by atoms with Crippen LogP contribution in [0.15, 0.2) is 23.0 Å². The van der Waals surface area contributed by atoms with E-state index in [1.807, 2.05) is 32.0 Å². The summed E-state index contributed by atoms with van der Waals surface area (Å²) < 4.78 is 0. The zero-order chi connectivity index (χ0) is 13.1. The van der Waals surface area contributed by atoms with Gasteiger partial charge in [-0.1, -0.05) is 6.07 Å². The smallest absolute Gasteiger partial charge is 0.323 e. The van der Waals surface area contributed by atoms with Crippen LogP contribution in [0.1, 0.15) is 19.4 Å². The molecule has 1 aromatic heterocycles. The van der Waals surface area contributed by atoms with Crippen molar-refractivity contribution >= 4 is 17.1 Å². The van der Waals surface area contributed by atoms with E-state index in [1.54, 1.807) is 0 Å². The van der Waals surface area contributed by atoms with Crippen LogP contribution in [0.25, 0.3) is 11.0 Å². The van der Waals surface area contributed by atoms with E-state index < -0.39 is 0 Å². The normalized spacial score (nSPS) is 10.8. The average Bonchev–Trinajstić information content (AvgIpc) is 2.64. The first-order valence-corrected chi connectivity index (χ1v) is 5.80. The number of H-pyrrole nitrogens is 2. The number of hydrogen-bond acceptors (Lipinski definition) is 2. The number of carbonyl (C=O) groups excluding carboxylic acids is 1. The van der Waals surface area contributed by atoms with Crippen LogP contribution in [0.4, 0.5) is 4.79 Å². The van der Waals surface area contributed by atoms with E-state index in [4.69, 9.17) is 0 Å². The molecule has 6 nitrogen and oxygen atoms in total. The van der Waals surface area contributed by atoms with E-state index in [9.17, 15) is 9.59 Å². The molecule has 1 aromatic carbocycles. The number of rotatable bonds is 3. The monoisotopic (exact) mass is 248 g/mol. The Bertz CT molecular complexity index is 612. The van der Waals surface area contributed by atoms with Crippen molar-refractivity contribution in [2.24, 2.45) is 0 Å². The largest absolute Gasteiger partial charge is 0.336 e. The molecule has 0 aliphatic rings. The second-order valence-electron chi connectivity index (χ2n) is 4.44. The number of aromatic amines is 2. The van der Waals surface area contributed by atoms with Crippen LogP contribution in [0.3, 0.4) is 0 Å². The number of aromatic nitrogens is 2. The summed E-state index contributed by atoms with van der Waals surface area (Å²) in [5.74, 6) is 0. The van der Waals surface area contributed by atoms with E-state index in [0.29, 0.717) is 6.54 Å². The van der Waals surface area contributed by atoms with Crippen molar-refractivity contribution in [3.8, 4) is 0 Å². The van der Waals surface area contributed by atoms with Gasteiger partial charge in [-0.15, -0.1) is 0 Å². The van der Waals surface area contributed by atoms with Crippen LogP contribution < -0.4 is 16.3 Å². The van der Waals surface area contributed by atoms with Crippen molar-refractivity contribution in [2.75, 3.05) is 0 Å². The molecule has 0 saturated carbocycles. The van der Waals surface area contributed by atoms with Crippen LogP contribution in [-0.2, 0) is 6.54 Å². The summed E-state index contributed by atoms with van der Waals surface area (Å²) in [7, 11) is 0. The van der Waals surface area contributed by atoms with Gasteiger partial charge in [0.15, 0.2) is 0 Å². The molecule has 0 bridgehead atoms. The van der Waals surface area contributed by atoms with Gasteiger partial charge in [0.1, 0.15) is 0 Å². The van der Waals surface area contributed by atoms with Gasteiger partial charge in [0.2, 0.25) is 0 Å². The van der Waals surface area contributed by atoms with Crippen LogP contribution >= 0.6 is 0 Å². The summed E-state index contributed by atoms with van der Waals surface area (Å²) in [6, 6.07) is 5.41. The van der Waals surface area contributed by atoms with Gasteiger partial charge >= 0.3 is 11.7 Å². The molecule has 6 heteroatoms. The molecule has 96 valence electrons. The summed E-state index contributed by atoms with van der Waals surface area (Å²) in [4.78, 5) is 27.9. The Labute approximate surface area is 104 Å². The fraction of sp³-hybridized carbons (Fsp3) is 0.333. The third-order valence-corrected chi connectivity index (χ3v) is 2.45. The molecule has 2 rings (SSSR count). The predicted molar refractivity (Wildman–Crippen MR) is 69.4 cm³/mol. The zero-order valence-electron chi connectivity index (χ0n) is 10.3. The zero-order valence-corrected chi connectivity index (χ0v) is 10.3. The van der Waals surface area contributed by atoms with Gasteiger partial charge in [-0.25, -0.2) is 9.59 Å². The maximum Gasteiger partial charge on any atom is 0.323 e. The fourth-order valence-corrected chi connectivity index (χ4v) is 1.69. The number of nitrogens with one attached hydrogen (secondary N) is 4. The summed E-state index contributed by atoms with van der Waals surface area (Å²) >= 11 is 0. The molecule has 0 saturated heterocycles. The minimum absolute atomic E-state index is 0.105. The molecule has 0 unspecified atom stereocenters. The molecule has 0 radical (unpaired) electrons. The highest BCUT2D eigenvalue weighted by atomic mass is 16.2. The van der Waals surface area contributed by atoms with Crippen LogP contribution in [-0.4, -0.2) is 22.0 Å². The molecule has 4 N–H and O–H groups in total. The summed E-state index contributed by atoms with van der Waals surface area (Å²) in [5, 5.41) is 5.49. The van der Waals surface area contributed by atoms with Gasteiger partial charge in [-0.2, -0.15) is 0 Å².